The Morgan fingerprint density at radius 3 is 2.34 bits per heavy atom. The molecule has 9 heteroatoms. The van der Waals surface area contributed by atoms with E-state index in [0.29, 0.717) is 31.9 Å². The average molecular weight is 466 g/mol. The van der Waals surface area contributed by atoms with E-state index in [2.05, 4.69) is 11.4 Å². The number of para-hydroxylation sites is 1. The molecule has 1 aliphatic rings. The van der Waals surface area contributed by atoms with Crippen LogP contribution in [-0.2, 0) is 15.8 Å². The van der Waals surface area contributed by atoms with Crippen molar-refractivity contribution in [2.24, 2.45) is 0 Å². The van der Waals surface area contributed by atoms with Crippen molar-refractivity contribution in [3.8, 4) is 0 Å². The van der Waals surface area contributed by atoms with Gasteiger partial charge in [-0.25, -0.2) is 0 Å². The Balaban J connectivity index is 1.45. The first-order valence-electron chi connectivity index (χ1n) is 10.3. The number of nitrogens with zero attached hydrogens (tertiary/aromatic N) is 2. The van der Waals surface area contributed by atoms with Gasteiger partial charge in [-0.1, -0.05) is 18.2 Å². The Morgan fingerprint density at radius 1 is 1.00 bits per heavy atom. The molecule has 0 bridgehead atoms. The minimum atomic E-state index is -4.54. The minimum Gasteiger partial charge on any atom is -0.339 e. The van der Waals surface area contributed by atoms with E-state index in [1.54, 1.807) is 4.90 Å². The maximum Gasteiger partial charge on any atom is 0.418 e. The first-order chi connectivity index (χ1) is 15.1. The SMILES string of the molecule is Cc1ccc(SCC(=O)N2CCN(CC(=O)Nc3ccccc3C(F)(F)F)CC2)cc1C. The molecule has 1 saturated heterocycles. The molecule has 0 atom stereocenters. The van der Waals surface area contributed by atoms with Crippen molar-refractivity contribution >= 4 is 29.3 Å². The van der Waals surface area contributed by atoms with Gasteiger partial charge in [-0.3, -0.25) is 14.5 Å². The van der Waals surface area contributed by atoms with Gasteiger partial charge in [-0.2, -0.15) is 13.2 Å². The predicted octanol–water partition coefficient (Wildman–Crippen LogP) is 4.20. The molecule has 0 aromatic heterocycles. The maximum atomic E-state index is 13.1. The standard InChI is InChI=1S/C23H26F3N3O2S/c1-16-7-8-18(13-17(16)2)32-15-22(31)29-11-9-28(10-12-29)14-21(30)27-20-6-4-3-5-19(20)23(24,25)26/h3-8,13H,9-12,14-15H2,1-2H3,(H,27,30). The van der Waals surface area contributed by atoms with E-state index in [9.17, 15) is 22.8 Å². The summed E-state index contributed by atoms with van der Waals surface area (Å²) in [5.74, 6) is -0.125. The molecule has 172 valence electrons. The lowest BCUT2D eigenvalue weighted by Gasteiger charge is -2.34. The molecule has 1 fully saturated rings. The number of nitrogens with one attached hydrogen (secondary N) is 1. The van der Waals surface area contributed by atoms with Crippen LogP contribution in [0.1, 0.15) is 16.7 Å². The highest BCUT2D eigenvalue weighted by Gasteiger charge is 2.33. The van der Waals surface area contributed by atoms with Gasteiger partial charge in [0.25, 0.3) is 0 Å². The van der Waals surface area contributed by atoms with Crippen LogP contribution in [0.15, 0.2) is 47.4 Å². The van der Waals surface area contributed by atoms with Gasteiger partial charge in [0.1, 0.15) is 0 Å². The van der Waals surface area contributed by atoms with E-state index in [1.165, 1.54) is 41.1 Å². The van der Waals surface area contributed by atoms with Crippen LogP contribution in [0.5, 0.6) is 0 Å². The number of piperazine rings is 1. The number of rotatable bonds is 6. The Labute approximate surface area is 190 Å². The molecule has 0 spiro atoms. The van der Waals surface area contributed by atoms with Crippen LogP contribution in [0.3, 0.4) is 0 Å². The van der Waals surface area contributed by atoms with E-state index in [1.807, 2.05) is 30.9 Å². The fourth-order valence-electron chi connectivity index (χ4n) is 3.43. The summed E-state index contributed by atoms with van der Waals surface area (Å²) in [5, 5.41) is 2.36. The first-order valence-corrected chi connectivity index (χ1v) is 11.3. The summed E-state index contributed by atoms with van der Waals surface area (Å²) < 4.78 is 39.3. The van der Waals surface area contributed by atoms with Crippen LogP contribution in [0.2, 0.25) is 0 Å². The summed E-state index contributed by atoms with van der Waals surface area (Å²) in [6.07, 6.45) is -4.54. The van der Waals surface area contributed by atoms with Crippen molar-refractivity contribution in [2.45, 2.75) is 24.9 Å². The number of hydrogen-bond acceptors (Lipinski definition) is 4. The molecule has 1 heterocycles. The molecular weight excluding hydrogens is 439 g/mol. The van der Waals surface area contributed by atoms with Gasteiger partial charge < -0.3 is 10.2 Å². The van der Waals surface area contributed by atoms with Gasteiger partial charge in [-0.05, 0) is 49.2 Å². The summed E-state index contributed by atoms with van der Waals surface area (Å²) >= 11 is 1.50. The Hall–Kier alpha value is -2.52. The van der Waals surface area contributed by atoms with Crippen LogP contribution >= 0.6 is 11.8 Å². The van der Waals surface area contributed by atoms with Crippen molar-refractivity contribution in [3.63, 3.8) is 0 Å². The molecule has 0 unspecified atom stereocenters. The van der Waals surface area contributed by atoms with Crippen LogP contribution in [0.4, 0.5) is 18.9 Å². The molecule has 2 aromatic carbocycles. The van der Waals surface area contributed by atoms with Gasteiger partial charge in [0, 0.05) is 31.1 Å². The van der Waals surface area contributed by atoms with Crippen molar-refractivity contribution < 1.29 is 22.8 Å². The van der Waals surface area contributed by atoms with Gasteiger partial charge >= 0.3 is 6.18 Å². The molecular formula is C23H26F3N3O2S. The smallest absolute Gasteiger partial charge is 0.339 e. The molecule has 3 rings (SSSR count). The molecule has 5 nitrogen and oxygen atoms in total. The number of benzene rings is 2. The number of alkyl halides is 3. The van der Waals surface area contributed by atoms with Crippen molar-refractivity contribution in [2.75, 3.05) is 43.8 Å². The van der Waals surface area contributed by atoms with E-state index in [-0.39, 0.29) is 18.1 Å². The lowest BCUT2D eigenvalue weighted by atomic mass is 10.1. The second-order valence-electron chi connectivity index (χ2n) is 7.78. The first kappa shape index (κ1) is 24.1. The molecule has 0 saturated carbocycles. The second-order valence-corrected chi connectivity index (χ2v) is 8.83. The zero-order valence-corrected chi connectivity index (χ0v) is 18.9. The highest BCUT2D eigenvalue weighted by Crippen LogP contribution is 2.34. The quantitative estimate of drug-likeness (QED) is 0.650. The van der Waals surface area contributed by atoms with Crippen molar-refractivity contribution in [1.82, 2.24) is 9.80 Å². The number of hydrogen-bond donors (Lipinski definition) is 1. The van der Waals surface area contributed by atoms with Crippen LogP contribution in [0, 0.1) is 13.8 Å². The lowest BCUT2D eigenvalue weighted by molar-refractivity contribution is -0.137. The van der Waals surface area contributed by atoms with E-state index >= 15 is 0 Å². The van der Waals surface area contributed by atoms with Crippen LogP contribution in [-0.4, -0.2) is 60.1 Å². The number of carbonyl (C=O) groups is 2. The third-order valence-corrected chi connectivity index (χ3v) is 6.42. The number of carbonyl (C=O) groups excluding carboxylic acids is 2. The normalized spacial score (nSPS) is 15.0. The lowest BCUT2D eigenvalue weighted by Crippen LogP contribution is -2.50. The molecule has 1 N–H and O–H groups in total. The van der Waals surface area contributed by atoms with Crippen molar-refractivity contribution in [1.29, 1.82) is 0 Å². The van der Waals surface area contributed by atoms with Crippen LogP contribution < -0.4 is 5.32 Å². The second kappa shape index (κ2) is 10.4. The maximum absolute atomic E-state index is 13.1. The predicted molar refractivity (Wildman–Crippen MR) is 120 cm³/mol. The molecule has 0 radical (unpaired) electrons. The Morgan fingerprint density at radius 2 is 1.69 bits per heavy atom. The Kier molecular flexibility index (Phi) is 7.84. The molecule has 1 aliphatic heterocycles. The van der Waals surface area contributed by atoms with E-state index in [0.717, 1.165) is 11.0 Å². The number of amides is 2. The number of anilines is 1. The number of halogens is 3. The highest BCUT2D eigenvalue weighted by molar-refractivity contribution is 8.00. The summed E-state index contributed by atoms with van der Waals surface area (Å²) in [7, 11) is 0. The van der Waals surface area contributed by atoms with Crippen molar-refractivity contribution in [3.05, 3.63) is 59.2 Å². The van der Waals surface area contributed by atoms with Gasteiger partial charge in [-0.15, -0.1) is 11.8 Å². The van der Waals surface area contributed by atoms with E-state index in [4.69, 9.17) is 0 Å². The monoisotopic (exact) mass is 465 g/mol. The fraction of sp³-hybridized carbons (Fsp3) is 0.391. The number of thioether (sulfide) groups is 1. The summed E-state index contributed by atoms with van der Waals surface area (Å²) in [5.41, 5.74) is 1.28. The summed E-state index contributed by atoms with van der Waals surface area (Å²) in [4.78, 5) is 29.5. The zero-order chi connectivity index (χ0) is 23.3. The topological polar surface area (TPSA) is 52.7 Å². The molecule has 2 amide bonds. The van der Waals surface area contributed by atoms with E-state index < -0.39 is 17.6 Å². The zero-order valence-electron chi connectivity index (χ0n) is 18.0. The van der Waals surface area contributed by atoms with Gasteiger partial charge in [0.05, 0.1) is 23.5 Å². The summed E-state index contributed by atoms with van der Waals surface area (Å²) in [6, 6.07) is 11.0. The van der Waals surface area contributed by atoms with Gasteiger partial charge in [0.15, 0.2) is 0 Å². The fourth-order valence-corrected chi connectivity index (χ4v) is 4.32. The highest BCUT2D eigenvalue weighted by atomic mass is 32.2. The van der Waals surface area contributed by atoms with Crippen LogP contribution in [0.25, 0.3) is 0 Å². The van der Waals surface area contributed by atoms with Gasteiger partial charge in [0.2, 0.25) is 11.8 Å². The minimum absolute atomic E-state index is 0.0222. The molecule has 2 aromatic rings. The third-order valence-electron chi connectivity index (χ3n) is 5.44. The molecule has 0 aliphatic carbocycles. The average Bonchev–Trinajstić information content (AvgIpc) is 2.74. The largest absolute Gasteiger partial charge is 0.418 e. The number of aryl methyl sites for hydroxylation is 2. The summed E-state index contributed by atoms with van der Waals surface area (Å²) in [6.45, 7) is 6.02. The Bertz CT molecular complexity index is 973. The molecule has 32 heavy (non-hydrogen) atoms. The third kappa shape index (κ3) is 6.49.